The summed E-state index contributed by atoms with van der Waals surface area (Å²) in [5.74, 6) is 0.511. The van der Waals surface area contributed by atoms with Crippen LogP contribution in [0.2, 0.25) is 0 Å². The maximum atomic E-state index is 12.4. The summed E-state index contributed by atoms with van der Waals surface area (Å²) in [7, 11) is 0. The lowest BCUT2D eigenvalue weighted by Gasteiger charge is -2.32. The zero-order valence-electron chi connectivity index (χ0n) is 18.7. The van der Waals surface area contributed by atoms with Crippen LogP contribution in [-0.2, 0) is 17.8 Å². The van der Waals surface area contributed by atoms with Gasteiger partial charge in [0.1, 0.15) is 5.75 Å². The van der Waals surface area contributed by atoms with Gasteiger partial charge < -0.3 is 15.4 Å². The van der Waals surface area contributed by atoms with Crippen molar-refractivity contribution < 1.29 is 14.3 Å². The van der Waals surface area contributed by atoms with Crippen molar-refractivity contribution in [2.45, 2.75) is 51.6 Å². The summed E-state index contributed by atoms with van der Waals surface area (Å²) in [5.41, 5.74) is 2.23. The first-order valence-corrected chi connectivity index (χ1v) is 11.2. The molecule has 0 aromatic heterocycles. The molecule has 2 aromatic rings. The van der Waals surface area contributed by atoms with Crippen LogP contribution in [0.15, 0.2) is 54.6 Å². The van der Waals surface area contributed by atoms with E-state index in [1.54, 1.807) is 12.1 Å². The Kier molecular flexibility index (Phi) is 11.0. The molecule has 3 rings (SSSR count). The average molecular weight is 460 g/mol. The van der Waals surface area contributed by atoms with Crippen LogP contribution in [0.3, 0.4) is 0 Å². The van der Waals surface area contributed by atoms with E-state index < -0.39 is 6.09 Å². The number of benzene rings is 2. The Morgan fingerprint density at radius 1 is 1.00 bits per heavy atom. The van der Waals surface area contributed by atoms with Crippen molar-refractivity contribution in [3.05, 3.63) is 65.7 Å². The summed E-state index contributed by atoms with van der Waals surface area (Å²) < 4.78 is 5.24. The van der Waals surface area contributed by atoms with Crippen LogP contribution in [0, 0.1) is 0 Å². The number of carbonyl (C=O) groups excluding carboxylic acids is 2. The number of nitrogens with zero attached hydrogens (tertiary/aromatic N) is 1. The Morgan fingerprint density at radius 3 is 2.34 bits per heavy atom. The summed E-state index contributed by atoms with van der Waals surface area (Å²) in [6.07, 6.45) is 3.76. The molecule has 2 N–H and O–H groups in total. The average Bonchev–Trinajstić information content (AvgIpc) is 2.77. The van der Waals surface area contributed by atoms with Crippen LogP contribution in [-0.4, -0.2) is 42.6 Å². The predicted molar refractivity (Wildman–Crippen MR) is 129 cm³/mol. The van der Waals surface area contributed by atoms with Gasteiger partial charge in [-0.25, -0.2) is 4.79 Å². The van der Waals surface area contributed by atoms with Gasteiger partial charge in [-0.05, 0) is 42.5 Å². The minimum atomic E-state index is -0.447. The molecule has 174 valence electrons. The van der Waals surface area contributed by atoms with E-state index >= 15 is 0 Å². The number of nitrogens with one attached hydrogen (secondary N) is 2. The fourth-order valence-corrected chi connectivity index (χ4v) is 3.73. The third-order valence-corrected chi connectivity index (χ3v) is 5.50. The molecule has 1 heterocycles. The van der Waals surface area contributed by atoms with E-state index in [1.165, 1.54) is 5.56 Å². The quantitative estimate of drug-likeness (QED) is 0.548. The van der Waals surface area contributed by atoms with Crippen molar-refractivity contribution >= 4 is 24.4 Å². The molecular weight excluding hydrogens is 426 g/mol. The third kappa shape index (κ3) is 8.89. The van der Waals surface area contributed by atoms with Crippen LogP contribution < -0.4 is 15.4 Å². The van der Waals surface area contributed by atoms with Crippen molar-refractivity contribution in [2.75, 3.05) is 19.6 Å². The Morgan fingerprint density at radius 2 is 1.69 bits per heavy atom. The molecule has 0 atom stereocenters. The molecule has 2 aromatic carbocycles. The molecule has 0 radical (unpaired) electrons. The number of piperidine rings is 1. The Labute approximate surface area is 197 Å². The lowest BCUT2D eigenvalue weighted by molar-refractivity contribution is -0.121. The van der Waals surface area contributed by atoms with Gasteiger partial charge in [0.25, 0.3) is 0 Å². The minimum absolute atomic E-state index is 0. The van der Waals surface area contributed by atoms with E-state index in [4.69, 9.17) is 4.74 Å². The lowest BCUT2D eigenvalue weighted by atomic mass is 10.0. The second-order valence-electron chi connectivity index (χ2n) is 8.09. The van der Waals surface area contributed by atoms with Crippen molar-refractivity contribution in [3.63, 3.8) is 0 Å². The van der Waals surface area contributed by atoms with Crippen LogP contribution in [0.5, 0.6) is 5.75 Å². The van der Waals surface area contributed by atoms with Gasteiger partial charge in [0, 0.05) is 32.2 Å². The molecule has 0 saturated carbocycles. The molecule has 1 aliphatic rings. The van der Waals surface area contributed by atoms with E-state index in [9.17, 15) is 9.59 Å². The fraction of sp³-hybridized carbons (Fsp3) is 0.440. The monoisotopic (exact) mass is 459 g/mol. The molecule has 1 aliphatic heterocycles. The Bertz CT molecular complexity index is 822. The third-order valence-electron chi connectivity index (χ3n) is 5.50. The number of amides is 2. The molecule has 0 bridgehead atoms. The number of likely N-dealkylation sites (tertiary alicyclic amines) is 1. The van der Waals surface area contributed by atoms with Crippen molar-refractivity contribution in [1.29, 1.82) is 0 Å². The maximum Gasteiger partial charge on any atom is 0.412 e. The largest absolute Gasteiger partial charge is 0.412 e. The summed E-state index contributed by atoms with van der Waals surface area (Å²) in [5, 5.41) is 5.88. The van der Waals surface area contributed by atoms with Gasteiger partial charge in [-0.3, -0.25) is 9.69 Å². The fourth-order valence-electron chi connectivity index (χ4n) is 3.73. The normalized spacial score (nSPS) is 14.3. The van der Waals surface area contributed by atoms with Gasteiger partial charge in [0.2, 0.25) is 5.91 Å². The van der Waals surface area contributed by atoms with Crippen LogP contribution in [0.25, 0.3) is 0 Å². The van der Waals surface area contributed by atoms with Gasteiger partial charge >= 0.3 is 6.09 Å². The number of halogens is 1. The van der Waals surface area contributed by atoms with Gasteiger partial charge in [-0.1, -0.05) is 55.8 Å². The van der Waals surface area contributed by atoms with Crippen LogP contribution in [0.1, 0.15) is 43.7 Å². The second kappa shape index (κ2) is 13.8. The lowest BCUT2D eigenvalue weighted by Crippen LogP contribution is -2.44. The standard InChI is InChI=1S/C25H33N3O3.ClH/c1-2-3-15-26-25(30)31-23-11-9-20(10-12-23)18-24(29)27-22-13-16-28(17-14-22)19-21-7-5-4-6-8-21;/h4-12,22H,2-3,13-19H2,1H3,(H,26,30)(H,27,29);1H. The summed E-state index contributed by atoms with van der Waals surface area (Å²) in [6.45, 7) is 5.63. The topological polar surface area (TPSA) is 70.7 Å². The number of ether oxygens (including phenoxy) is 1. The van der Waals surface area contributed by atoms with Gasteiger partial charge in [0.15, 0.2) is 0 Å². The van der Waals surface area contributed by atoms with Crippen molar-refractivity contribution in [3.8, 4) is 5.75 Å². The molecule has 7 heteroatoms. The van der Waals surface area contributed by atoms with E-state index in [0.29, 0.717) is 18.7 Å². The molecule has 2 amide bonds. The first-order valence-electron chi connectivity index (χ1n) is 11.2. The Balaban J connectivity index is 0.00000363. The number of hydrogen-bond acceptors (Lipinski definition) is 4. The van der Waals surface area contributed by atoms with Crippen molar-refractivity contribution in [2.24, 2.45) is 0 Å². The molecule has 32 heavy (non-hydrogen) atoms. The number of hydrogen-bond donors (Lipinski definition) is 2. The number of unbranched alkanes of at least 4 members (excludes halogenated alkanes) is 1. The summed E-state index contributed by atoms with van der Waals surface area (Å²) in [4.78, 5) is 26.6. The Hall–Kier alpha value is -2.57. The van der Waals surface area contributed by atoms with Crippen molar-refractivity contribution in [1.82, 2.24) is 15.5 Å². The minimum Gasteiger partial charge on any atom is -0.410 e. The number of carbonyl (C=O) groups is 2. The first-order chi connectivity index (χ1) is 15.1. The highest BCUT2D eigenvalue weighted by molar-refractivity contribution is 5.85. The molecule has 0 unspecified atom stereocenters. The maximum absolute atomic E-state index is 12.4. The first kappa shape index (κ1) is 25.7. The summed E-state index contributed by atoms with van der Waals surface area (Å²) in [6, 6.07) is 17.8. The van der Waals surface area contributed by atoms with Gasteiger partial charge in [0.05, 0.1) is 6.42 Å². The van der Waals surface area contributed by atoms with E-state index in [0.717, 1.165) is 50.9 Å². The molecule has 1 saturated heterocycles. The molecule has 0 spiro atoms. The highest BCUT2D eigenvalue weighted by atomic mass is 35.5. The van der Waals surface area contributed by atoms with E-state index in [-0.39, 0.29) is 24.4 Å². The molecular formula is C25H34ClN3O3. The predicted octanol–water partition coefficient (Wildman–Crippen LogP) is 4.32. The molecule has 1 fully saturated rings. The summed E-state index contributed by atoms with van der Waals surface area (Å²) >= 11 is 0. The van der Waals surface area contributed by atoms with Crippen LogP contribution in [0.4, 0.5) is 4.79 Å². The van der Waals surface area contributed by atoms with Crippen LogP contribution >= 0.6 is 12.4 Å². The van der Waals surface area contributed by atoms with E-state index in [2.05, 4.69) is 46.7 Å². The SMILES string of the molecule is CCCCNC(=O)Oc1ccc(CC(=O)NC2CCN(Cc3ccccc3)CC2)cc1.Cl. The highest BCUT2D eigenvalue weighted by Gasteiger charge is 2.20. The number of rotatable bonds is 9. The molecule has 0 aliphatic carbocycles. The zero-order chi connectivity index (χ0) is 21.9. The second-order valence-corrected chi connectivity index (χ2v) is 8.09. The van der Waals surface area contributed by atoms with Gasteiger partial charge in [-0.2, -0.15) is 0 Å². The highest BCUT2D eigenvalue weighted by Crippen LogP contribution is 2.15. The smallest absolute Gasteiger partial charge is 0.410 e. The zero-order valence-corrected chi connectivity index (χ0v) is 19.5. The molecule has 6 nitrogen and oxygen atoms in total. The van der Waals surface area contributed by atoms with Gasteiger partial charge in [-0.15, -0.1) is 12.4 Å². The van der Waals surface area contributed by atoms with E-state index in [1.807, 2.05) is 18.2 Å².